The zero-order valence-corrected chi connectivity index (χ0v) is 16.0. The maximum atomic E-state index is 12.7. The number of amides is 1. The van der Waals surface area contributed by atoms with E-state index in [4.69, 9.17) is 23.2 Å². The number of aromatic nitrogens is 3. The topological polar surface area (TPSA) is 63.1 Å². The van der Waals surface area contributed by atoms with Gasteiger partial charge in [-0.2, -0.15) is 0 Å². The number of carbonyl (C=O) groups excluding carboxylic acids is 1. The quantitative estimate of drug-likeness (QED) is 0.725. The average molecular weight is 390 g/mol. The van der Waals surface area contributed by atoms with Crippen LogP contribution in [0.2, 0.25) is 10.0 Å². The minimum Gasteiger partial charge on any atom is -0.376 e. The SMILES string of the molecule is Cc1c(C(=O)Nc2cc(Cl)ccc2N(C)C)nnn1-c1cccc(Cl)c1. The summed E-state index contributed by atoms with van der Waals surface area (Å²) in [6.07, 6.45) is 0. The normalized spacial score (nSPS) is 10.7. The molecule has 0 spiro atoms. The molecule has 8 heteroatoms. The third kappa shape index (κ3) is 3.66. The van der Waals surface area contributed by atoms with Crippen molar-refractivity contribution < 1.29 is 4.79 Å². The molecule has 0 bridgehead atoms. The van der Waals surface area contributed by atoms with E-state index in [0.717, 1.165) is 11.4 Å². The molecule has 26 heavy (non-hydrogen) atoms. The first-order valence-electron chi connectivity index (χ1n) is 7.83. The van der Waals surface area contributed by atoms with Crippen LogP contribution in [0.1, 0.15) is 16.2 Å². The van der Waals surface area contributed by atoms with Gasteiger partial charge in [0.2, 0.25) is 0 Å². The van der Waals surface area contributed by atoms with Gasteiger partial charge in [-0.1, -0.05) is 34.5 Å². The van der Waals surface area contributed by atoms with Crippen LogP contribution in [0.5, 0.6) is 0 Å². The highest BCUT2D eigenvalue weighted by atomic mass is 35.5. The monoisotopic (exact) mass is 389 g/mol. The number of hydrogen-bond donors (Lipinski definition) is 1. The summed E-state index contributed by atoms with van der Waals surface area (Å²) in [6, 6.07) is 12.5. The Balaban J connectivity index is 1.92. The first-order chi connectivity index (χ1) is 12.4. The zero-order valence-electron chi connectivity index (χ0n) is 14.5. The highest BCUT2D eigenvalue weighted by Crippen LogP contribution is 2.28. The van der Waals surface area contributed by atoms with Crippen LogP contribution in [0, 0.1) is 6.92 Å². The van der Waals surface area contributed by atoms with Crippen molar-refractivity contribution in [3.8, 4) is 5.69 Å². The molecule has 0 fully saturated rings. The third-order valence-electron chi connectivity index (χ3n) is 3.85. The Hall–Kier alpha value is -2.57. The molecule has 1 N–H and O–H groups in total. The summed E-state index contributed by atoms with van der Waals surface area (Å²) in [5.74, 6) is -0.360. The Bertz CT molecular complexity index is 968. The number of nitrogens with zero attached hydrogens (tertiary/aromatic N) is 4. The fourth-order valence-corrected chi connectivity index (χ4v) is 2.93. The van der Waals surface area contributed by atoms with Crippen LogP contribution in [0.15, 0.2) is 42.5 Å². The summed E-state index contributed by atoms with van der Waals surface area (Å²) in [4.78, 5) is 14.6. The van der Waals surface area contributed by atoms with Crippen LogP contribution in [-0.4, -0.2) is 35.0 Å². The summed E-state index contributed by atoms with van der Waals surface area (Å²) in [6.45, 7) is 1.78. The molecule has 6 nitrogen and oxygen atoms in total. The molecule has 0 atom stereocenters. The van der Waals surface area contributed by atoms with E-state index in [1.165, 1.54) is 0 Å². The van der Waals surface area contributed by atoms with Gasteiger partial charge in [0.25, 0.3) is 5.91 Å². The molecular weight excluding hydrogens is 373 g/mol. The third-order valence-corrected chi connectivity index (χ3v) is 4.32. The van der Waals surface area contributed by atoms with Gasteiger partial charge in [-0.05, 0) is 43.3 Å². The van der Waals surface area contributed by atoms with Crippen molar-refractivity contribution in [3.63, 3.8) is 0 Å². The van der Waals surface area contributed by atoms with Gasteiger partial charge < -0.3 is 10.2 Å². The highest BCUT2D eigenvalue weighted by molar-refractivity contribution is 6.31. The second-order valence-electron chi connectivity index (χ2n) is 5.93. The lowest BCUT2D eigenvalue weighted by atomic mass is 10.2. The number of rotatable bonds is 4. The number of nitrogens with one attached hydrogen (secondary N) is 1. The van der Waals surface area contributed by atoms with Gasteiger partial charge >= 0.3 is 0 Å². The molecule has 3 rings (SSSR count). The van der Waals surface area contributed by atoms with Gasteiger partial charge in [0.05, 0.1) is 22.8 Å². The van der Waals surface area contributed by atoms with E-state index in [0.29, 0.717) is 21.4 Å². The predicted octanol–water partition coefficient (Wildman–Crippen LogP) is 4.20. The van der Waals surface area contributed by atoms with Crippen LogP contribution in [-0.2, 0) is 0 Å². The molecule has 134 valence electrons. The minimum atomic E-state index is -0.360. The largest absolute Gasteiger partial charge is 0.376 e. The van der Waals surface area contributed by atoms with E-state index in [2.05, 4.69) is 15.6 Å². The fraction of sp³-hybridized carbons (Fsp3) is 0.167. The standard InChI is InChI=1S/C18H17Cl2N5O/c1-11-17(22-23-25(11)14-6-4-5-12(19)9-14)18(26)21-15-10-13(20)7-8-16(15)24(2)3/h4-10H,1-3H3,(H,21,26). The Morgan fingerprint density at radius 1 is 1.12 bits per heavy atom. The minimum absolute atomic E-state index is 0.231. The predicted molar refractivity (Wildman–Crippen MR) is 105 cm³/mol. The number of benzene rings is 2. The van der Waals surface area contributed by atoms with Crippen LogP contribution in [0.25, 0.3) is 5.69 Å². The van der Waals surface area contributed by atoms with Crippen molar-refractivity contribution in [1.82, 2.24) is 15.0 Å². The van der Waals surface area contributed by atoms with Crippen LogP contribution < -0.4 is 10.2 Å². The molecule has 0 aliphatic carbocycles. The summed E-state index contributed by atoms with van der Waals surface area (Å²) in [5.41, 5.74) is 3.01. The number of halogens is 2. The van der Waals surface area contributed by atoms with Crippen molar-refractivity contribution in [1.29, 1.82) is 0 Å². The molecule has 3 aromatic rings. The maximum absolute atomic E-state index is 12.7. The molecule has 1 aromatic heterocycles. The molecule has 0 aliphatic heterocycles. The van der Waals surface area contributed by atoms with Gasteiger partial charge in [-0.3, -0.25) is 4.79 Å². The molecule has 1 amide bonds. The summed E-state index contributed by atoms with van der Waals surface area (Å²) >= 11 is 12.1. The van der Waals surface area contributed by atoms with Gasteiger partial charge in [-0.25, -0.2) is 4.68 Å². The molecule has 0 saturated carbocycles. The van der Waals surface area contributed by atoms with E-state index >= 15 is 0 Å². The molecule has 2 aromatic carbocycles. The van der Waals surface area contributed by atoms with Crippen molar-refractivity contribution in [2.24, 2.45) is 0 Å². The zero-order chi connectivity index (χ0) is 18.8. The summed E-state index contributed by atoms with van der Waals surface area (Å²) in [7, 11) is 3.78. The first-order valence-corrected chi connectivity index (χ1v) is 8.59. The lowest BCUT2D eigenvalue weighted by Crippen LogP contribution is -2.18. The van der Waals surface area contributed by atoms with Gasteiger partial charge in [-0.15, -0.1) is 5.10 Å². The molecule has 0 saturated heterocycles. The second kappa shape index (κ2) is 7.35. The van der Waals surface area contributed by atoms with Gasteiger partial charge in [0.15, 0.2) is 5.69 Å². The van der Waals surface area contributed by atoms with Crippen molar-refractivity contribution >= 4 is 40.5 Å². The van der Waals surface area contributed by atoms with E-state index < -0.39 is 0 Å². The van der Waals surface area contributed by atoms with Gasteiger partial charge in [0, 0.05) is 24.1 Å². The number of carbonyl (C=O) groups is 1. The lowest BCUT2D eigenvalue weighted by molar-refractivity contribution is 0.102. The molecule has 0 unspecified atom stereocenters. The molecule has 0 aliphatic rings. The second-order valence-corrected chi connectivity index (χ2v) is 6.80. The summed E-state index contributed by atoms with van der Waals surface area (Å²) < 4.78 is 1.58. The smallest absolute Gasteiger partial charge is 0.278 e. The van der Waals surface area contributed by atoms with Crippen LogP contribution >= 0.6 is 23.2 Å². The average Bonchev–Trinajstić information content (AvgIpc) is 2.96. The lowest BCUT2D eigenvalue weighted by Gasteiger charge is -2.18. The van der Waals surface area contributed by atoms with Gasteiger partial charge in [0.1, 0.15) is 0 Å². The van der Waals surface area contributed by atoms with E-state index in [9.17, 15) is 4.79 Å². The van der Waals surface area contributed by atoms with E-state index in [-0.39, 0.29) is 11.6 Å². The van der Waals surface area contributed by atoms with Crippen molar-refractivity contribution in [2.45, 2.75) is 6.92 Å². The first kappa shape index (κ1) is 18.2. The van der Waals surface area contributed by atoms with E-state index in [1.54, 1.807) is 35.9 Å². The highest BCUT2D eigenvalue weighted by Gasteiger charge is 2.19. The molecule has 1 heterocycles. The fourth-order valence-electron chi connectivity index (χ4n) is 2.57. The molecular formula is C18H17Cl2N5O. The Labute approximate surface area is 161 Å². The molecule has 0 radical (unpaired) electrons. The van der Waals surface area contributed by atoms with Crippen LogP contribution in [0.3, 0.4) is 0 Å². The Morgan fingerprint density at radius 3 is 2.54 bits per heavy atom. The Morgan fingerprint density at radius 2 is 1.85 bits per heavy atom. The van der Waals surface area contributed by atoms with Crippen molar-refractivity contribution in [2.75, 3.05) is 24.3 Å². The number of hydrogen-bond acceptors (Lipinski definition) is 4. The van der Waals surface area contributed by atoms with E-state index in [1.807, 2.05) is 37.2 Å². The maximum Gasteiger partial charge on any atom is 0.278 e. The van der Waals surface area contributed by atoms with Crippen molar-refractivity contribution in [3.05, 3.63) is 63.9 Å². The Kier molecular flexibility index (Phi) is 5.15. The number of anilines is 2. The summed E-state index contributed by atoms with van der Waals surface area (Å²) in [5, 5.41) is 12.1. The van der Waals surface area contributed by atoms with Crippen LogP contribution in [0.4, 0.5) is 11.4 Å².